The van der Waals surface area contributed by atoms with Crippen molar-refractivity contribution >= 4 is 11.9 Å². The van der Waals surface area contributed by atoms with Crippen molar-refractivity contribution in [3.63, 3.8) is 0 Å². The van der Waals surface area contributed by atoms with Gasteiger partial charge >= 0.3 is 5.97 Å². The van der Waals surface area contributed by atoms with Crippen molar-refractivity contribution in [2.24, 2.45) is 11.1 Å². The van der Waals surface area contributed by atoms with Crippen molar-refractivity contribution < 1.29 is 14.7 Å². The van der Waals surface area contributed by atoms with E-state index in [0.717, 1.165) is 12.5 Å². The summed E-state index contributed by atoms with van der Waals surface area (Å²) in [7, 11) is 0. The molecule has 0 aromatic rings. The van der Waals surface area contributed by atoms with Crippen molar-refractivity contribution in [1.29, 1.82) is 0 Å². The fourth-order valence-electron chi connectivity index (χ4n) is 1.35. The molecule has 0 saturated heterocycles. The molecule has 0 heterocycles. The Kier molecular flexibility index (Phi) is 5.01. The van der Waals surface area contributed by atoms with E-state index in [1.54, 1.807) is 0 Å². The second kappa shape index (κ2) is 5.53. The molecular weight excluding hydrogens is 208 g/mol. The number of nitrogens with one attached hydrogen (secondary N) is 1. The van der Waals surface area contributed by atoms with Crippen molar-refractivity contribution in [1.82, 2.24) is 5.32 Å². The molecule has 0 radical (unpaired) electrons. The average Bonchev–Trinajstić information content (AvgIpc) is 2.11. The molecule has 1 unspecified atom stereocenters. The molecule has 0 bridgehead atoms. The molecule has 1 atom stereocenters. The summed E-state index contributed by atoms with van der Waals surface area (Å²) in [6, 6.07) is -0.0159. The van der Waals surface area contributed by atoms with Gasteiger partial charge in [-0.25, -0.2) is 4.79 Å². The summed E-state index contributed by atoms with van der Waals surface area (Å²) in [4.78, 5) is 21.9. The number of carboxylic acid groups (broad SMARTS) is 1. The lowest BCUT2D eigenvalue weighted by Crippen LogP contribution is -2.42. The Morgan fingerprint density at radius 3 is 2.25 bits per heavy atom. The van der Waals surface area contributed by atoms with Gasteiger partial charge in [0.05, 0.1) is 0 Å². The van der Waals surface area contributed by atoms with Gasteiger partial charge in [-0.15, -0.1) is 0 Å². The normalized spacial score (nSPS) is 14.4. The van der Waals surface area contributed by atoms with Crippen LogP contribution in [0.2, 0.25) is 0 Å². The highest BCUT2D eigenvalue weighted by molar-refractivity contribution is 5.97. The van der Waals surface area contributed by atoms with Crippen LogP contribution in [0.1, 0.15) is 34.1 Å². The Labute approximate surface area is 95.7 Å². The molecule has 0 fully saturated rings. The number of aliphatic carboxylic acids is 1. The van der Waals surface area contributed by atoms with Crippen molar-refractivity contribution in [2.75, 3.05) is 0 Å². The van der Waals surface area contributed by atoms with Gasteiger partial charge < -0.3 is 16.2 Å². The third kappa shape index (κ3) is 4.82. The number of hydrogen-bond acceptors (Lipinski definition) is 3. The van der Waals surface area contributed by atoms with E-state index in [1.165, 1.54) is 0 Å². The van der Waals surface area contributed by atoms with Crippen LogP contribution in [0.3, 0.4) is 0 Å². The lowest BCUT2D eigenvalue weighted by molar-refractivity contribution is -0.133. The van der Waals surface area contributed by atoms with E-state index in [-0.39, 0.29) is 11.5 Å². The second-order valence-corrected chi connectivity index (χ2v) is 4.74. The van der Waals surface area contributed by atoms with Crippen LogP contribution in [0, 0.1) is 5.41 Å². The molecule has 92 valence electrons. The Morgan fingerprint density at radius 1 is 1.44 bits per heavy atom. The molecule has 0 aromatic heterocycles. The number of amides is 1. The Balaban J connectivity index is 4.56. The van der Waals surface area contributed by atoms with Crippen LogP contribution in [0.5, 0.6) is 0 Å². The summed E-state index contributed by atoms with van der Waals surface area (Å²) in [6.45, 7) is 7.98. The number of carboxylic acids is 1. The highest BCUT2D eigenvalue weighted by Gasteiger charge is 2.24. The average molecular weight is 228 g/mol. The summed E-state index contributed by atoms with van der Waals surface area (Å²) in [5.41, 5.74) is 4.61. The second-order valence-electron chi connectivity index (χ2n) is 4.74. The van der Waals surface area contributed by atoms with E-state index >= 15 is 0 Å². The molecule has 5 nitrogen and oxygen atoms in total. The zero-order valence-electron chi connectivity index (χ0n) is 10.2. The number of rotatable bonds is 4. The monoisotopic (exact) mass is 228 g/mol. The van der Waals surface area contributed by atoms with Gasteiger partial charge in [0.15, 0.2) is 0 Å². The molecule has 0 aromatic carbocycles. The summed E-state index contributed by atoms with van der Waals surface area (Å²) in [5, 5.41) is 11.2. The molecule has 1 amide bonds. The number of nitrogens with two attached hydrogens (primary N) is 1. The van der Waals surface area contributed by atoms with Gasteiger partial charge in [0.25, 0.3) is 0 Å². The highest BCUT2D eigenvalue weighted by atomic mass is 16.4. The zero-order valence-corrected chi connectivity index (χ0v) is 10.2. The first-order valence-electron chi connectivity index (χ1n) is 5.19. The lowest BCUT2D eigenvalue weighted by Gasteiger charge is -2.30. The molecule has 4 N–H and O–H groups in total. The predicted molar refractivity (Wildman–Crippen MR) is 61.6 cm³/mol. The molecule has 0 spiro atoms. The molecule has 0 rings (SSSR count). The summed E-state index contributed by atoms with van der Waals surface area (Å²) < 4.78 is 0. The van der Waals surface area contributed by atoms with E-state index in [4.69, 9.17) is 10.8 Å². The predicted octanol–water partition coefficient (Wildman–Crippen LogP) is 0.854. The minimum atomic E-state index is -1.29. The highest BCUT2D eigenvalue weighted by Crippen LogP contribution is 2.21. The maximum absolute atomic E-state index is 11.4. The van der Waals surface area contributed by atoms with Crippen molar-refractivity contribution in [2.45, 2.75) is 40.2 Å². The number of carbonyl (C=O) groups is 2. The Hall–Kier alpha value is -1.52. The maximum Gasteiger partial charge on any atom is 0.351 e. The largest absolute Gasteiger partial charge is 0.477 e. The van der Waals surface area contributed by atoms with E-state index in [2.05, 4.69) is 5.32 Å². The fourth-order valence-corrected chi connectivity index (χ4v) is 1.35. The third-order valence-electron chi connectivity index (χ3n) is 2.30. The van der Waals surface area contributed by atoms with Gasteiger partial charge in [-0.05, 0) is 11.8 Å². The van der Waals surface area contributed by atoms with E-state index in [1.807, 2.05) is 27.7 Å². The van der Waals surface area contributed by atoms with Crippen LogP contribution in [0.4, 0.5) is 0 Å². The Bertz CT molecular complexity index is 303. The van der Waals surface area contributed by atoms with Gasteiger partial charge in [-0.3, -0.25) is 4.79 Å². The Morgan fingerprint density at radius 2 is 1.94 bits per heavy atom. The molecular formula is C11H20N2O3. The minimum absolute atomic E-state index is 0.0159. The van der Waals surface area contributed by atoms with Gasteiger partial charge in [-0.2, -0.15) is 0 Å². The number of carbonyl (C=O) groups excluding carboxylic acids is 1. The summed E-state index contributed by atoms with van der Waals surface area (Å²) in [6.07, 6.45) is 1.67. The van der Waals surface area contributed by atoms with Crippen LogP contribution in [0.25, 0.3) is 0 Å². The van der Waals surface area contributed by atoms with Crippen LogP contribution in [-0.2, 0) is 9.59 Å². The van der Waals surface area contributed by atoms with Crippen LogP contribution in [0.15, 0.2) is 11.8 Å². The van der Waals surface area contributed by atoms with Crippen molar-refractivity contribution in [3.05, 3.63) is 11.8 Å². The molecule has 0 aliphatic carbocycles. The molecule has 16 heavy (non-hydrogen) atoms. The third-order valence-corrected chi connectivity index (χ3v) is 2.30. The molecule has 0 aliphatic rings. The number of hydrogen-bond donors (Lipinski definition) is 3. The van der Waals surface area contributed by atoms with Crippen LogP contribution >= 0.6 is 0 Å². The van der Waals surface area contributed by atoms with Gasteiger partial charge in [0.2, 0.25) is 5.91 Å². The first-order chi connectivity index (χ1) is 7.18. The zero-order chi connectivity index (χ0) is 12.9. The van der Waals surface area contributed by atoms with Crippen molar-refractivity contribution in [3.8, 4) is 0 Å². The first-order valence-corrected chi connectivity index (χ1v) is 5.19. The SMILES string of the molecule is CCC(NC(=O)/C=C(\N)C(=O)O)C(C)(C)C. The van der Waals surface area contributed by atoms with Crippen LogP contribution < -0.4 is 11.1 Å². The van der Waals surface area contributed by atoms with Gasteiger partial charge in [0.1, 0.15) is 5.70 Å². The smallest absolute Gasteiger partial charge is 0.351 e. The fraction of sp³-hybridized carbons (Fsp3) is 0.636. The van der Waals surface area contributed by atoms with E-state index in [9.17, 15) is 9.59 Å². The quantitative estimate of drug-likeness (QED) is 0.622. The molecule has 5 heteroatoms. The maximum atomic E-state index is 11.4. The molecule has 0 aliphatic heterocycles. The standard InChI is InChI=1S/C11H20N2O3/c1-5-8(11(2,3)4)13-9(14)6-7(12)10(15)16/h6,8H,5,12H2,1-4H3,(H,13,14)(H,15,16)/b7-6-. The lowest BCUT2D eigenvalue weighted by atomic mass is 9.85. The summed E-state index contributed by atoms with van der Waals surface area (Å²) in [5.74, 6) is -1.76. The van der Waals surface area contributed by atoms with Crippen LogP contribution in [-0.4, -0.2) is 23.0 Å². The van der Waals surface area contributed by atoms with Gasteiger partial charge in [-0.1, -0.05) is 27.7 Å². The molecule has 0 saturated carbocycles. The van der Waals surface area contributed by atoms with E-state index in [0.29, 0.717) is 0 Å². The topological polar surface area (TPSA) is 92.4 Å². The first kappa shape index (κ1) is 14.5. The van der Waals surface area contributed by atoms with Gasteiger partial charge in [0, 0.05) is 12.1 Å². The minimum Gasteiger partial charge on any atom is -0.477 e. The van der Waals surface area contributed by atoms with E-state index < -0.39 is 17.6 Å². The summed E-state index contributed by atoms with van der Waals surface area (Å²) >= 11 is 0.